The van der Waals surface area contributed by atoms with Crippen molar-refractivity contribution in [2.45, 2.75) is 19.9 Å². The third-order valence-corrected chi connectivity index (χ3v) is 6.58. The molecule has 1 aliphatic heterocycles. The highest BCUT2D eigenvalue weighted by Crippen LogP contribution is 2.32. The first kappa shape index (κ1) is 22.0. The van der Waals surface area contributed by atoms with E-state index in [1.54, 1.807) is 6.33 Å². The van der Waals surface area contributed by atoms with Crippen LogP contribution >= 0.6 is 0 Å². The minimum absolute atomic E-state index is 0.243. The molecule has 8 heteroatoms. The number of anilines is 2. The average molecular weight is 481 g/mol. The molecule has 2 aromatic carbocycles. The smallest absolute Gasteiger partial charge is 0.142 e. The number of aromatic nitrogens is 4. The molecule has 0 radical (unpaired) electrons. The lowest BCUT2D eigenvalue weighted by atomic mass is 10.0. The lowest BCUT2D eigenvalue weighted by Crippen LogP contribution is -2.28. The Morgan fingerprint density at radius 2 is 1.83 bits per heavy atom. The Morgan fingerprint density at radius 1 is 1.00 bits per heavy atom. The van der Waals surface area contributed by atoms with E-state index < -0.39 is 0 Å². The van der Waals surface area contributed by atoms with Crippen molar-refractivity contribution in [2.24, 2.45) is 0 Å². The summed E-state index contributed by atoms with van der Waals surface area (Å²) in [4.78, 5) is 15.7. The van der Waals surface area contributed by atoms with Crippen LogP contribution in [0.5, 0.6) is 5.75 Å². The van der Waals surface area contributed by atoms with E-state index in [1.165, 1.54) is 12.1 Å². The number of pyridine rings is 1. The fourth-order valence-corrected chi connectivity index (χ4v) is 4.71. The molecule has 0 aliphatic carbocycles. The molecule has 0 atom stereocenters. The number of hydrogen-bond donors (Lipinski definition) is 1. The van der Waals surface area contributed by atoms with Crippen LogP contribution in [-0.4, -0.2) is 32.5 Å². The summed E-state index contributed by atoms with van der Waals surface area (Å²) in [5, 5.41) is 0. The van der Waals surface area contributed by atoms with Gasteiger partial charge in [0.25, 0.3) is 0 Å². The predicted octanol–water partition coefficient (Wildman–Crippen LogP) is 4.81. The lowest BCUT2D eigenvalue weighted by Gasteiger charge is -2.24. The number of fused-ring (bicyclic) bond motifs is 2. The van der Waals surface area contributed by atoms with Gasteiger partial charge in [0.2, 0.25) is 0 Å². The van der Waals surface area contributed by atoms with Crippen LogP contribution in [-0.2, 0) is 13.0 Å². The number of aryl methyl sites for hydroxylation is 1. The van der Waals surface area contributed by atoms with E-state index in [0.29, 0.717) is 31.9 Å². The Labute approximate surface area is 208 Å². The molecule has 0 fully saturated rings. The molecule has 3 aromatic heterocycles. The molecule has 2 N–H and O–H groups in total. The number of nitrogens with zero attached hydrogens (tertiary/aromatic N) is 5. The first-order valence-corrected chi connectivity index (χ1v) is 11.8. The van der Waals surface area contributed by atoms with Crippen LogP contribution in [0.2, 0.25) is 0 Å². The number of imidazole rings is 1. The van der Waals surface area contributed by atoms with Crippen molar-refractivity contribution in [1.82, 2.24) is 19.4 Å². The fourth-order valence-electron chi connectivity index (χ4n) is 4.71. The third-order valence-electron chi connectivity index (χ3n) is 6.58. The Hall–Kier alpha value is -4.46. The van der Waals surface area contributed by atoms with Gasteiger partial charge in [-0.05, 0) is 60.0 Å². The van der Waals surface area contributed by atoms with Gasteiger partial charge in [-0.1, -0.05) is 18.2 Å². The molecular weight excluding hydrogens is 455 g/mol. The van der Waals surface area contributed by atoms with Crippen molar-refractivity contribution < 1.29 is 9.13 Å². The second-order valence-corrected chi connectivity index (χ2v) is 9.01. The van der Waals surface area contributed by atoms with Gasteiger partial charge in [-0.25, -0.2) is 19.3 Å². The van der Waals surface area contributed by atoms with Gasteiger partial charge < -0.3 is 19.8 Å². The number of nitrogen functional groups attached to an aromatic ring is 1. The van der Waals surface area contributed by atoms with Gasteiger partial charge in [0, 0.05) is 36.0 Å². The highest BCUT2D eigenvalue weighted by molar-refractivity contribution is 5.68. The average Bonchev–Trinajstić information content (AvgIpc) is 3.12. The van der Waals surface area contributed by atoms with Crippen LogP contribution in [0, 0.1) is 12.7 Å². The zero-order chi connectivity index (χ0) is 24.6. The Balaban J connectivity index is 1.34. The molecule has 5 aromatic rings. The van der Waals surface area contributed by atoms with Crippen LogP contribution in [0.1, 0.15) is 22.4 Å². The normalized spacial score (nSPS) is 13.3. The maximum Gasteiger partial charge on any atom is 0.142 e. The van der Waals surface area contributed by atoms with Crippen LogP contribution in [0.15, 0.2) is 73.3 Å². The monoisotopic (exact) mass is 480 g/mol. The topological polar surface area (TPSA) is 81.6 Å². The molecule has 0 unspecified atom stereocenters. The van der Waals surface area contributed by atoms with Crippen molar-refractivity contribution in [3.8, 4) is 16.9 Å². The van der Waals surface area contributed by atoms with Crippen molar-refractivity contribution in [2.75, 3.05) is 23.8 Å². The van der Waals surface area contributed by atoms with Crippen LogP contribution in [0.4, 0.5) is 16.0 Å². The molecule has 0 saturated heterocycles. The second kappa shape index (κ2) is 8.96. The van der Waals surface area contributed by atoms with Crippen molar-refractivity contribution in [1.29, 1.82) is 0 Å². The fraction of sp³-hybridized carbons (Fsp3) is 0.179. The van der Waals surface area contributed by atoms with E-state index in [-0.39, 0.29) is 5.82 Å². The van der Waals surface area contributed by atoms with Crippen molar-refractivity contribution >= 4 is 17.3 Å². The highest BCUT2D eigenvalue weighted by atomic mass is 19.1. The van der Waals surface area contributed by atoms with E-state index in [0.717, 1.165) is 50.7 Å². The highest BCUT2D eigenvalue weighted by Gasteiger charge is 2.21. The van der Waals surface area contributed by atoms with Crippen molar-refractivity contribution in [3.05, 3.63) is 102 Å². The summed E-state index contributed by atoms with van der Waals surface area (Å²) in [6.07, 6.45) is 6.08. The molecule has 0 spiro atoms. The summed E-state index contributed by atoms with van der Waals surface area (Å²) >= 11 is 0. The summed E-state index contributed by atoms with van der Waals surface area (Å²) in [5.41, 5.74) is 12.9. The number of hydrogen-bond acceptors (Lipinski definition) is 6. The Morgan fingerprint density at radius 3 is 2.69 bits per heavy atom. The van der Waals surface area contributed by atoms with Gasteiger partial charge in [0.1, 0.15) is 41.8 Å². The molecule has 0 amide bonds. The maximum absolute atomic E-state index is 13.4. The first-order chi connectivity index (χ1) is 17.5. The van der Waals surface area contributed by atoms with Crippen LogP contribution in [0.3, 0.4) is 0 Å². The third kappa shape index (κ3) is 4.22. The zero-order valence-corrected chi connectivity index (χ0v) is 19.9. The number of halogens is 1. The Kier molecular flexibility index (Phi) is 5.48. The van der Waals surface area contributed by atoms with E-state index >= 15 is 0 Å². The summed E-state index contributed by atoms with van der Waals surface area (Å²) in [6.45, 7) is 3.88. The number of benzene rings is 2. The van der Waals surface area contributed by atoms with E-state index in [1.807, 2.05) is 54.0 Å². The minimum Gasteiger partial charge on any atom is -0.491 e. The number of rotatable bonds is 4. The van der Waals surface area contributed by atoms with E-state index in [2.05, 4.69) is 32.0 Å². The molecule has 36 heavy (non-hydrogen) atoms. The van der Waals surface area contributed by atoms with Gasteiger partial charge in [0.05, 0.1) is 12.7 Å². The number of nitrogens with two attached hydrogens (primary N) is 1. The standard InChI is InChI=1S/C28H25FN6O/c1-18-24(12-19-2-6-23(29)7-3-19)28(32-17-31-18)34-10-11-36-25-8-4-20(13-22(25)15-34)21-5-9-27-33-26(30)16-35(27)14-21/h2-9,13-14,16-17H,10-12,15,30H2,1H3. The van der Waals surface area contributed by atoms with Gasteiger partial charge in [-0.2, -0.15) is 0 Å². The molecule has 4 heterocycles. The molecule has 7 nitrogen and oxygen atoms in total. The molecule has 0 bridgehead atoms. The van der Waals surface area contributed by atoms with E-state index in [4.69, 9.17) is 10.5 Å². The lowest BCUT2D eigenvalue weighted by molar-refractivity contribution is 0.331. The Bertz CT molecular complexity index is 1560. The molecule has 1 aliphatic rings. The van der Waals surface area contributed by atoms with Gasteiger partial charge >= 0.3 is 0 Å². The van der Waals surface area contributed by atoms with Gasteiger partial charge in [0.15, 0.2) is 0 Å². The summed E-state index contributed by atoms with van der Waals surface area (Å²) in [5.74, 6) is 2.01. The summed E-state index contributed by atoms with van der Waals surface area (Å²) in [7, 11) is 0. The molecule has 0 saturated carbocycles. The SMILES string of the molecule is Cc1ncnc(N2CCOc3ccc(-c4ccc5nc(N)cn5c4)cc3C2)c1Cc1ccc(F)cc1. The predicted molar refractivity (Wildman–Crippen MR) is 138 cm³/mol. The maximum atomic E-state index is 13.4. The van der Waals surface area contributed by atoms with Gasteiger partial charge in [-0.3, -0.25) is 0 Å². The summed E-state index contributed by atoms with van der Waals surface area (Å²) in [6, 6.07) is 16.9. The van der Waals surface area contributed by atoms with E-state index in [9.17, 15) is 4.39 Å². The molecular formula is C28H25FN6O. The second-order valence-electron chi connectivity index (χ2n) is 9.01. The molecule has 6 rings (SSSR count). The van der Waals surface area contributed by atoms with Crippen molar-refractivity contribution in [3.63, 3.8) is 0 Å². The van der Waals surface area contributed by atoms with Crippen LogP contribution in [0.25, 0.3) is 16.8 Å². The zero-order valence-electron chi connectivity index (χ0n) is 19.9. The first-order valence-electron chi connectivity index (χ1n) is 11.8. The minimum atomic E-state index is -0.243. The van der Waals surface area contributed by atoms with Gasteiger partial charge in [-0.15, -0.1) is 0 Å². The number of ether oxygens (including phenoxy) is 1. The molecule has 180 valence electrons. The quantitative estimate of drug-likeness (QED) is 0.398. The van der Waals surface area contributed by atoms with Crippen LogP contribution < -0.4 is 15.4 Å². The summed E-state index contributed by atoms with van der Waals surface area (Å²) < 4.78 is 21.5. The largest absolute Gasteiger partial charge is 0.491 e.